The van der Waals surface area contributed by atoms with Crippen molar-refractivity contribution in [1.29, 1.82) is 0 Å². The molecule has 1 aromatic heterocycles. The third-order valence-corrected chi connectivity index (χ3v) is 2.96. The topological polar surface area (TPSA) is 107 Å². The van der Waals surface area contributed by atoms with Gasteiger partial charge in [0.15, 0.2) is 0 Å². The third kappa shape index (κ3) is 4.07. The van der Waals surface area contributed by atoms with Gasteiger partial charge in [-0.3, -0.25) is 0 Å². The molecule has 110 valence electrons. The summed E-state index contributed by atoms with van der Waals surface area (Å²) in [6.07, 6.45) is 3.91. The number of nitrogens with one attached hydrogen (secondary N) is 3. The second-order valence-corrected chi connectivity index (χ2v) is 4.54. The number of aromatic carboxylic acids is 1. The van der Waals surface area contributed by atoms with E-state index in [0.717, 1.165) is 5.69 Å². The first-order valence-electron chi connectivity index (χ1n) is 6.42. The highest BCUT2D eigenvalue weighted by molar-refractivity contribution is 5.94. The molecule has 0 radical (unpaired) electrons. The van der Waals surface area contributed by atoms with E-state index in [-0.39, 0.29) is 11.6 Å². The van der Waals surface area contributed by atoms with E-state index >= 15 is 0 Å². The van der Waals surface area contributed by atoms with E-state index in [4.69, 9.17) is 5.11 Å². The lowest BCUT2D eigenvalue weighted by molar-refractivity contribution is 0.0696. The minimum Gasteiger partial charge on any atom is -0.478 e. The molecule has 0 aliphatic heterocycles. The summed E-state index contributed by atoms with van der Waals surface area (Å²) in [6.45, 7) is 2.16. The van der Waals surface area contributed by atoms with Crippen LogP contribution in [0.25, 0.3) is 0 Å². The summed E-state index contributed by atoms with van der Waals surface area (Å²) in [6, 6.07) is 4.38. The zero-order valence-electron chi connectivity index (χ0n) is 11.5. The number of carboxylic acids is 1. The number of urea groups is 1. The first kappa shape index (κ1) is 14.6. The Hall–Kier alpha value is -2.83. The predicted octanol–water partition coefficient (Wildman–Crippen LogP) is 1.78. The molecule has 0 unspecified atom stereocenters. The van der Waals surface area contributed by atoms with Crippen LogP contribution in [0.15, 0.2) is 30.7 Å². The number of hydrogen-bond donors (Lipinski definition) is 4. The fourth-order valence-corrected chi connectivity index (χ4v) is 1.84. The molecule has 1 aromatic carbocycles. The third-order valence-electron chi connectivity index (χ3n) is 2.96. The molecule has 2 rings (SSSR count). The molecule has 0 saturated carbocycles. The molecule has 0 fully saturated rings. The van der Waals surface area contributed by atoms with E-state index in [1.165, 1.54) is 6.07 Å². The van der Waals surface area contributed by atoms with E-state index in [9.17, 15) is 9.59 Å². The molecule has 0 bridgehead atoms. The van der Waals surface area contributed by atoms with Crippen LogP contribution < -0.4 is 10.6 Å². The second-order valence-electron chi connectivity index (χ2n) is 4.54. The zero-order chi connectivity index (χ0) is 15.2. The molecular formula is C14H16N4O3. The molecule has 0 aliphatic carbocycles. The van der Waals surface area contributed by atoms with Crippen LogP contribution in [0.2, 0.25) is 0 Å². The van der Waals surface area contributed by atoms with Gasteiger partial charge in [-0.15, -0.1) is 0 Å². The highest BCUT2D eigenvalue weighted by Gasteiger charge is 2.09. The summed E-state index contributed by atoms with van der Waals surface area (Å²) in [7, 11) is 0. The van der Waals surface area contributed by atoms with Crippen LogP contribution in [0.4, 0.5) is 10.5 Å². The van der Waals surface area contributed by atoms with Crippen LogP contribution in [0.1, 0.15) is 21.6 Å². The Balaban J connectivity index is 1.87. The number of rotatable bonds is 5. The standard InChI is InChI=1S/C14H16N4O3/c1-9-2-3-10(6-12(9)13(19)20)18-14(21)16-5-4-11-7-15-8-17-11/h2-3,6-8H,4-5H2,1H3,(H,15,17)(H,19,20)(H2,16,18,21). The molecule has 2 amide bonds. The van der Waals surface area contributed by atoms with E-state index in [1.54, 1.807) is 31.6 Å². The Morgan fingerprint density at radius 3 is 2.86 bits per heavy atom. The second kappa shape index (κ2) is 6.56. The monoisotopic (exact) mass is 288 g/mol. The number of nitrogens with zero attached hydrogens (tertiary/aromatic N) is 1. The number of carboxylic acid groups (broad SMARTS) is 1. The Kier molecular flexibility index (Phi) is 4.55. The lowest BCUT2D eigenvalue weighted by Crippen LogP contribution is -2.30. The van der Waals surface area contributed by atoms with Gasteiger partial charge in [-0.25, -0.2) is 14.6 Å². The minimum atomic E-state index is -1.02. The van der Waals surface area contributed by atoms with Crippen LogP contribution in [-0.2, 0) is 6.42 Å². The van der Waals surface area contributed by atoms with Crippen molar-refractivity contribution >= 4 is 17.7 Å². The molecule has 2 aromatic rings. The van der Waals surface area contributed by atoms with Gasteiger partial charge in [-0.05, 0) is 24.6 Å². The van der Waals surface area contributed by atoms with Crippen molar-refractivity contribution in [3.63, 3.8) is 0 Å². The number of H-pyrrole nitrogens is 1. The molecule has 0 spiro atoms. The number of amides is 2. The number of hydrogen-bond acceptors (Lipinski definition) is 3. The number of imidazole rings is 1. The van der Waals surface area contributed by atoms with Gasteiger partial charge in [0.05, 0.1) is 11.9 Å². The molecule has 21 heavy (non-hydrogen) atoms. The fraction of sp³-hybridized carbons (Fsp3) is 0.214. The van der Waals surface area contributed by atoms with Gasteiger partial charge in [0.2, 0.25) is 0 Å². The van der Waals surface area contributed by atoms with Crippen molar-refractivity contribution in [2.45, 2.75) is 13.3 Å². The molecule has 0 aliphatic rings. The van der Waals surface area contributed by atoms with Crippen LogP contribution in [-0.4, -0.2) is 33.6 Å². The van der Waals surface area contributed by atoms with Gasteiger partial charge >= 0.3 is 12.0 Å². The van der Waals surface area contributed by atoms with Crippen molar-refractivity contribution in [3.05, 3.63) is 47.5 Å². The van der Waals surface area contributed by atoms with E-state index in [0.29, 0.717) is 24.2 Å². The van der Waals surface area contributed by atoms with Gasteiger partial charge < -0.3 is 20.7 Å². The molecule has 7 heteroatoms. The summed E-state index contributed by atoms with van der Waals surface area (Å²) in [5.74, 6) is -1.02. The van der Waals surface area contributed by atoms with E-state index < -0.39 is 5.97 Å². The van der Waals surface area contributed by atoms with Crippen LogP contribution in [0, 0.1) is 6.92 Å². The maximum Gasteiger partial charge on any atom is 0.336 e. The molecular weight excluding hydrogens is 272 g/mol. The molecule has 1 heterocycles. The number of carbonyl (C=O) groups excluding carboxylic acids is 1. The average Bonchev–Trinajstić information content (AvgIpc) is 2.94. The summed E-state index contributed by atoms with van der Waals surface area (Å²) in [4.78, 5) is 29.6. The first-order chi connectivity index (χ1) is 10.1. The summed E-state index contributed by atoms with van der Waals surface area (Å²) < 4.78 is 0. The summed E-state index contributed by atoms with van der Waals surface area (Å²) in [5, 5.41) is 14.3. The van der Waals surface area contributed by atoms with Crippen molar-refractivity contribution < 1.29 is 14.7 Å². The Morgan fingerprint density at radius 2 is 2.19 bits per heavy atom. The Bertz CT molecular complexity index is 638. The SMILES string of the molecule is Cc1ccc(NC(=O)NCCc2cnc[nH]2)cc1C(=O)O. The highest BCUT2D eigenvalue weighted by Crippen LogP contribution is 2.15. The number of anilines is 1. The summed E-state index contributed by atoms with van der Waals surface area (Å²) >= 11 is 0. The number of aryl methyl sites for hydroxylation is 1. The molecule has 4 N–H and O–H groups in total. The predicted molar refractivity (Wildman–Crippen MR) is 77.5 cm³/mol. The van der Waals surface area contributed by atoms with Gasteiger partial charge in [0.1, 0.15) is 0 Å². The van der Waals surface area contributed by atoms with Crippen LogP contribution in [0.3, 0.4) is 0 Å². The number of aromatic nitrogens is 2. The highest BCUT2D eigenvalue weighted by atomic mass is 16.4. The van der Waals surface area contributed by atoms with E-state index in [1.807, 2.05) is 0 Å². The normalized spacial score (nSPS) is 10.1. The van der Waals surface area contributed by atoms with Crippen molar-refractivity contribution in [1.82, 2.24) is 15.3 Å². The molecule has 0 saturated heterocycles. The Labute approximate surface area is 121 Å². The van der Waals surface area contributed by atoms with Crippen LogP contribution >= 0.6 is 0 Å². The lowest BCUT2D eigenvalue weighted by Gasteiger charge is -2.09. The molecule has 7 nitrogen and oxygen atoms in total. The van der Waals surface area contributed by atoms with Crippen molar-refractivity contribution in [3.8, 4) is 0 Å². The number of carbonyl (C=O) groups is 2. The minimum absolute atomic E-state index is 0.172. The van der Waals surface area contributed by atoms with E-state index in [2.05, 4.69) is 20.6 Å². The maximum absolute atomic E-state index is 11.7. The quantitative estimate of drug-likeness (QED) is 0.672. The van der Waals surface area contributed by atoms with Gasteiger partial charge in [0.25, 0.3) is 0 Å². The Morgan fingerprint density at radius 1 is 1.38 bits per heavy atom. The van der Waals surface area contributed by atoms with Gasteiger partial charge in [-0.1, -0.05) is 6.07 Å². The average molecular weight is 288 g/mol. The van der Waals surface area contributed by atoms with Crippen molar-refractivity contribution in [2.24, 2.45) is 0 Å². The lowest BCUT2D eigenvalue weighted by atomic mass is 10.1. The van der Waals surface area contributed by atoms with Gasteiger partial charge in [-0.2, -0.15) is 0 Å². The largest absolute Gasteiger partial charge is 0.478 e. The number of benzene rings is 1. The smallest absolute Gasteiger partial charge is 0.336 e. The van der Waals surface area contributed by atoms with Crippen LogP contribution in [0.5, 0.6) is 0 Å². The van der Waals surface area contributed by atoms with Gasteiger partial charge in [0, 0.05) is 30.5 Å². The number of aromatic amines is 1. The fourth-order valence-electron chi connectivity index (χ4n) is 1.84. The van der Waals surface area contributed by atoms with Crippen molar-refractivity contribution in [2.75, 3.05) is 11.9 Å². The molecule has 0 atom stereocenters. The summed E-state index contributed by atoms with van der Waals surface area (Å²) in [5.41, 5.74) is 2.19. The first-order valence-corrected chi connectivity index (χ1v) is 6.42. The zero-order valence-corrected chi connectivity index (χ0v) is 11.5. The maximum atomic E-state index is 11.7.